The minimum Gasteiger partial charge on any atom is -0.455 e. The standard InChI is InChI=1S/C26H26FN2O/c1-14(2)9-19-12-22(29(6)17(5)16(19)4)24-15(3)10-21(27)25-20-8-7-18(13-28)11-23(20)30-26(24)25/h7-8,10-12,14H,9H2,1-6H3/q+1/i4D3,9D2,12D. The number of benzene rings is 2. The van der Waals surface area contributed by atoms with Crippen LogP contribution in [0.4, 0.5) is 4.39 Å². The van der Waals surface area contributed by atoms with Crippen LogP contribution < -0.4 is 4.57 Å². The third-order valence-electron chi connectivity index (χ3n) is 5.39. The molecular weight excluding hydrogens is 375 g/mol. The number of nitriles is 1. The second kappa shape index (κ2) is 7.25. The molecule has 0 amide bonds. The van der Waals surface area contributed by atoms with Gasteiger partial charge in [0.15, 0.2) is 11.3 Å². The first-order valence-corrected chi connectivity index (χ1v) is 9.72. The van der Waals surface area contributed by atoms with Crippen molar-refractivity contribution in [2.75, 3.05) is 0 Å². The first-order chi connectivity index (χ1) is 16.6. The van der Waals surface area contributed by atoms with E-state index in [0.717, 1.165) is 0 Å². The van der Waals surface area contributed by atoms with Gasteiger partial charge in [-0.2, -0.15) is 9.83 Å². The van der Waals surface area contributed by atoms with Crippen LogP contribution in [0.2, 0.25) is 0 Å². The molecular formula is C26H26FN2O+. The fourth-order valence-electron chi connectivity index (χ4n) is 3.80. The monoisotopic (exact) mass is 407 g/mol. The van der Waals surface area contributed by atoms with Gasteiger partial charge in [0.05, 0.1) is 24.0 Å². The van der Waals surface area contributed by atoms with Crippen LogP contribution in [0.25, 0.3) is 33.2 Å². The lowest BCUT2D eigenvalue weighted by molar-refractivity contribution is -0.667. The fraction of sp³-hybridized carbons (Fsp3) is 0.308. The zero-order valence-electron chi connectivity index (χ0n) is 23.6. The number of hydrogen-bond donors (Lipinski definition) is 0. The molecule has 0 aliphatic heterocycles. The molecule has 4 aromatic rings. The highest BCUT2D eigenvalue weighted by Crippen LogP contribution is 2.39. The Morgan fingerprint density at radius 2 is 2.10 bits per heavy atom. The Morgan fingerprint density at radius 1 is 1.33 bits per heavy atom. The van der Waals surface area contributed by atoms with Crippen LogP contribution in [0.15, 0.2) is 34.7 Å². The third-order valence-corrected chi connectivity index (χ3v) is 5.39. The lowest BCUT2D eigenvalue weighted by Crippen LogP contribution is -2.36. The molecule has 4 heteroatoms. The lowest BCUT2D eigenvalue weighted by atomic mass is 9.93. The van der Waals surface area contributed by atoms with Crippen molar-refractivity contribution in [3.8, 4) is 17.3 Å². The molecule has 0 spiro atoms. The molecule has 0 radical (unpaired) electrons. The Labute approximate surface area is 184 Å². The SMILES string of the molecule is [2H]c1c(C([2H])([2H])C(C)C)c(C([2H])([2H])[2H])c(C)[n+](C)c1-c1c(C)cc(F)c2c1oc1cc(C#N)ccc12. The molecule has 30 heavy (non-hydrogen) atoms. The van der Waals surface area contributed by atoms with Crippen LogP contribution in [0, 0.1) is 43.8 Å². The summed E-state index contributed by atoms with van der Waals surface area (Å²) in [5.41, 5.74) is 1.71. The number of aryl methyl sites for hydroxylation is 1. The molecule has 0 atom stereocenters. The van der Waals surface area contributed by atoms with Gasteiger partial charge in [-0.3, -0.25) is 0 Å². The van der Waals surface area contributed by atoms with Gasteiger partial charge in [-0.25, -0.2) is 4.39 Å². The molecule has 2 aromatic heterocycles. The molecule has 0 fully saturated rings. The van der Waals surface area contributed by atoms with Crippen molar-refractivity contribution in [2.24, 2.45) is 13.0 Å². The third kappa shape index (κ3) is 3.06. The summed E-state index contributed by atoms with van der Waals surface area (Å²) in [6.07, 6.45) is -2.13. The summed E-state index contributed by atoms with van der Waals surface area (Å²) in [5, 5.41) is 9.92. The predicted molar refractivity (Wildman–Crippen MR) is 118 cm³/mol. The molecule has 2 heterocycles. The maximum absolute atomic E-state index is 15.3. The molecule has 0 aliphatic carbocycles. The van der Waals surface area contributed by atoms with E-state index in [-0.39, 0.29) is 39.5 Å². The second-order valence-corrected chi connectivity index (χ2v) is 7.85. The van der Waals surface area contributed by atoms with E-state index in [1.165, 1.54) is 16.7 Å². The zero-order valence-corrected chi connectivity index (χ0v) is 17.6. The fourth-order valence-corrected chi connectivity index (χ4v) is 3.80. The highest BCUT2D eigenvalue weighted by Gasteiger charge is 2.26. The number of hydrogen-bond acceptors (Lipinski definition) is 2. The largest absolute Gasteiger partial charge is 0.455 e. The van der Waals surface area contributed by atoms with Gasteiger partial charge in [0.2, 0.25) is 5.69 Å². The van der Waals surface area contributed by atoms with Crippen LogP contribution in [0.1, 0.15) is 50.0 Å². The summed E-state index contributed by atoms with van der Waals surface area (Å²) in [6, 6.07) is 7.76. The van der Waals surface area contributed by atoms with Crippen molar-refractivity contribution in [1.82, 2.24) is 0 Å². The average Bonchev–Trinajstić information content (AvgIpc) is 3.15. The predicted octanol–water partition coefficient (Wildman–Crippen LogP) is 6.21. The first kappa shape index (κ1) is 13.9. The van der Waals surface area contributed by atoms with Crippen molar-refractivity contribution >= 4 is 21.9 Å². The summed E-state index contributed by atoms with van der Waals surface area (Å²) >= 11 is 0. The Morgan fingerprint density at radius 3 is 2.77 bits per heavy atom. The first-order valence-electron chi connectivity index (χ1n) is 12.7. The molecule has 0 saturated heterocycles. The van der Waals surface area contributed by atoms with Crippen LogP contribution in [0.5, 0.6) is 0 Å². The van der Waals surface area contributed by atoms with Gasteiger partial charge < -0.3 is 4.42 Å². The quantitative estimate of drug-likeness (QED) is 0.379. The van der Waals surface area contributed by atoms with Gasteiger partial charge in [-0.05, 0) is 61.5 Å². The molecule has 4 rings (SSSR count). The van der Waals surface area contributed by atoms with E-state index in [0.29, 0.717) is 27.7 Å². The molecule has 152 valence electrons. The van der Waals surface area contributed by atoms with Gasteiger partial charge in [-0.1, -0.05) is 13.8 Å². The Hall–Kier alpha value is -3.19. The number of halogens is 1. The van der Waals surface area contributed by atoms with Gasteiger partial charge in [-0.15, -0.1) is 0 Å². The summed E-state index contributed by atoms with van der Waals surface area (Å²) in [5.74, 6) is -1.15. The van der Waals surface area contributed by atoms with E-state index in [1.807, 2.05) is 6.07 Å². The highest BCUT2D eigenvalue weighted by atomic mass is 19.1. The van der Waals surface area contributed by atoms with Crippen LogP contribution in [-0.4, -0.2) is 0 Å². The molecule has 0 N–H and O–H groups in total. The number of rotatable bonds is 3. The summed E-state index contributed by atoms with van der Waals surface area (Å²) in [6.45, 7) is 3.86. The maximum atomic E-state index is 15.3. The molecule has 0 aliphatic rings. The van der Waals surface area contributed by atoms with Crippen LogP contribution in [0.3, 0.4) is 0 Å². The topological polar surface area (TPSA) is 40.8 Å². The molecule has 0 saturated carbocycles. The van der Waals surface area contributed by atoms with Crippen molar-refractivity contribution in [2.45, 2.75) is 40.9 Å². The normalized spacial score (nSPS) is 15.4. The van der Waals surface area contributed by atoms with E-state index in [1.54, 1.807) is 46.9 Å². The van der Waals surface area contributed by atoms with Gasteiger partial charge in [0, 0.05) is 30.8 Å². The van der Waals surface area contributed by atoms with Gasteiger partial charge in [0.1, 0.15) is 18.4 Å². The molecule has 2 aromatic carbocycles. The van der Waals surface area contributed by atoms with Gasteiger partial charge >= 0.3 is 0 Å². The maximum Gasteiger partial charge on any atom is 0.216 e. The smallest absolute Gasteiger partial charge is 0.216 e. The van der Waals surface area contributed by atoms with Crippen molar-refractivity contribution in [1.29, 1.82) is 5.26 Å². The van der Waals surface area contributed by atoms with E-state index >= 15 is 4.39 Å². The van der Waals surface area contributed by atoms with E-state index in [4.69, 9.17) is 12.6 Å². The Kier molecular flexibility index (Phi) is 3.37. The average molecular weight is 408 g/mol. The number of nitrogens with zero attached hydrogens (tertiary/aromatic N) is 2. The van der Waals surface area contributed by atoms with E-state index in [2.05, 4.69) is 0 Å². The van der Waals surface area contributed by atoms with E-state index in [9.17, 15) is 5.26 Å². The molecule has 0 unspecified atom stereocenters. The van der Waals surface area contributed by atoms with Crippen LogP contribution in [-0.2, 0) is 13.4 Å². The minimum absolute atomic E-state index is 0.152. The minimum atomic E-state index is -2.66. The van der Waals surface area contributed by atoms with Gasteiger partial charge in [0.25, 0.3) is 0 Å². The summed E-state index contributed by atoms with van der Waals surface area (Å²) in [4.78, 5) is 0. The Bertz CT molecular complexity index is 1600. The molecule has 3 nitrogen and oxygen atoms in total. The molecule has 0 bridgehead atoms. The van der Waals surface area contributed by atoms with Crippen LogP contribution >= 0.6 is 0 Å². The Balaban J connectivity index is 2.25. The second-order valence-electron chi connectivity index (χ2n) is 7.85. The zero-order chi connectivity index (χ0) is 26.9. The number of fused-ring (bicyclic) bond motifs is 3. The highest BCUT2D eigenvalue weighted by molar-refractivity contribution is 6.10. The van der Waals surface area contributed by atoms with Crippen molar-refractivity contribution in [3.63, 3.8) is 0 Å². The number of aromatic nitrogens is 1. The summed E-state index contributed by atoms with van der Waals surface area (Å²) < 4.78 is 73.9. The van der Waals surface area contributed by atoms with Crippen molar-refractivity contribution in [3.05, 3.63) is 64.1 Å². The number of pyridine rings is 1. The van der Waals surface area contributed by atoms with E-state index < -0.39 is 25.0 Å². The summed E-state index contributed by atoms with van der Waals surface area (Å²) in [7, 11) is 1.61. The van der Waals surface area contributed by atoms with Crippen molar-refractivity contribution < 1.29 is 21.6 Å². The number of furan rings is 1. The lowest BCUT2D eigenvalue weighted by Gasteiger charge is -2.14.